The predicted molar refractivity (Wildman–Crippen MR) is 52.5 cm³/mol. The van der Waals surface area contributed by atoms with Gasteiger partial charge in [0, 0.05) is 11.6 Å². The smallest absolute Gasteiger partial charge is 0.135 e. The molecule has 0 aliphatic rings. The molecule has 0 unspecified atom stereocenters. The first-order chi connectivity index (χ1) is 6.65. The summed E-state index contributed by atoms with van der Waals surface area (Å²) < 4.78 is 25.6. The molecule has 0 spiro atoms. The van der Waals surface area contributed by atoms with Crippen molar-refractivity contribution >= 4 is 5.71 Å². The fourth-order valence-electron chi connectivity index (χ4n) is 0.962. The highest BCUT2D eigenvalue weighted by Gasteiger charge is 2.05. The monoisotopic (exact) mass is 193 g/mol. The maximum absolute atomic E-state index is 13.1. The lowest BCUT2D eigenvalue weighted by molar-refractivity contribution is 0.582. The van der Waals surface area contributed by atoms with Crippen molar-refractivity contribution in [3.63, 3.8) is 0 Å². The molecule has 0 radical (unpaired) electrons. The number of nitrogens with one attached hydrogen (secondary N) is 1. The molecule has 0 fully saturated rings. The van der Waals surface area contributed by atoms with Crippen molar-refractivity contribution in [3.8, 4) is 0 Å². The van der Waals surface area contributed by atoms with Gasteiger partial charge in [-0.1, -0.05) is 18.7 Å². The zero-order chi connectivity index (χ0) is 10.6. The Bertz CT molecular complexity index is 394. The van der Waals surface area contributed by atoms with Gasteiger partial charge in [-0.05, 0) is 18.2 Å². The van der Waals surface area contributed by atoms with Crippen LogP contribution in [0.15, 0.2) is 43.0 Å². The second-order valence-corrected chi connectivity index (χ2v) is 2.63. The summed E-state index contributed by atoms with van der Waals surface area (Å²) in [6.45, 7) is 3.43. The SMILES string of the molecule is C=C/C=C\C(=N)c1ccc(F)cc1F. The summed E-state index contributed by atoms with van der Waals surface area (Å²) in [5.41, 5.74) is 0.0619. The Kier molecular flexibility index (Phi) is 3.29. The zero-order valence-corrected chi connectivity index (χ0v) is 7.43. The van der Waals surface area contributed by atoms with Gasteiger partial charge in [-0.3, -0.25) is 0 Å². The molecule has 0 bridgehead atoms. The topological polar surface area (TPSA) is 23.9 Å². The number of rotatable bonds is 3. The maximum atomic E-state index is 13.1. The number of hydrogen-bond acceptors (Lipinski definition) is 1. The van der Waals surface area contributed by atoms with E-state index in [1.165, 1.54) is 24.3 Å². The van der Waals surface area contributed by atoms with Gasteiger partial charge in [-0.15, -0.1) is 0 Å². The van der Waals surface area contributed by atoms with E-state index in [0.29, 0.717) is 0 Å². The summed E-state index contributed by atoms with van der Waals surface area (Å²) in [5, 5.41) is 7.45. The lowest BCUT2D eigenvalue weighted by Crippen LogP contribution is -1.98. The number of benzene rings is 1. The Hall–Kier alpha value is -1.77. The first kappa shape index (κ1) is 10.3. The van der Waals surface area contributed by atoms with Crippen LogP contribution in [-0.2, 0) is 0 Å². The largest absolute Gasteiger partial charge is 0.300 e. The second kappa shape index (κ2) is 4.46. The van der Waals surface area contributed by atoms with E-state index >= 15 is 0 Å². The molecule has 3 heteroatoms. The highest BCUT2D eigenvalue weighted by atomic mass is 19.1. The standard InChI is InChI=1S/C11H9F2N/c1-2-3-4-11(14)9-6-5-8(12)7-10(9)13/h2-7,14H,1H2/b4-3-,14-11?. The Morgan fingerprint density at radius 1 is 1.36 bits per heavy atom. The molecule has 0 aliphatic carbocycles. The Morgan fingerprint density at radius 2 is 2.07 bits per heavy atom. The highest BCUT2D eigenvalue weighted by molar-refractivity contribution is 6.06. The van der Waals surface area contributed by atoms with Crippen LogP contribution in [-0.4, -0.2) is 5.71 Å². The molecule has 0 heterocycles. The van der Waals surface area contributed by atoms with E-state index < -0.39 is 11.6 Å². The van der Waals surface area contributed by atoms with Crippen molar-refractivity contribution in [1.82, 2.24) is 0 Å². The van der Waals surface area contributed by atoms with Gasteiger partial charge in [0.2, 0.25) is 0 Å². The van der Waals surface area contributed by atoms with Crippen molar-refractivity contribution in [2.24, 2.45) is 0 Å². The Balaban J connectivity index is 3.01. The molecule has 0 aliphatic heterocycles. The normalized spacial score (nSPS) is 10.4. The van der Waals surface area contributed by atoms with E-state index in [-0.39, 0.29) is 11.3 Å². The van der Waals surface area contributed by atoms with Gasteiger partial charge in [-0.2, -0.15) is 0 Å². The van der Waals surface area contributed by atoms with Crippen molar-refractivity contribution in [1.29, 1.82) is 5.41 Å². The molecule has 0 saturated carbocycles. The quantitative estimate of drug-likeness (QED) is 0.563. The summed E-state index contributed by atoms with van der Waals surface area (Å²) in [7, 11) is 0. The summed E-state index contributed by atoms with van der Waals surface area (Å²) in [5.74, 6) is -1.38. The summed E-state index contributed by atoms with van der Waals surface area (Å²) in [6.07, 6.45) is 4.39. The average molecular weight is 193 g/mol. The van der Waals surface area contributed by atoms with Gasteiger partial charge in [-0.25, -0.2) is 8.78 Å². The summed E-state index contributed by atoms with van der Waals surface area (Å²) >= 11 is 0. The van der Waals surface area contributed by atoms with Crippen molar-refractivity contribution in [2.45, 2.75) is 0 Å². The van der Waals surface area contributed by atoms with E-state index in [1.807, 2.05) is 0 Å². The van der Waals surface area contributed by atoms with Crippen LogP contribution < -0.4 is 0 Å². The fraction of sp³-hybridized carbons (Fsp3) is 0. The van der Waals surface area contributed by atoms with Gasteiger partial charge in [0.15, 0.2) is 0 Å². The fourth-order valence-corrected chi connectivity index (χ4v) is 0.962. The van der Waals surface area contributed by atoms with Gasteiger partial charge in [0.25, 0.3) is 0 Å². The van der Waals surface area contributed by atoms with Gasteiger partial charge in [0.05, 0.1) is 5.71 Å². The van der Waals surface area contributed by atoms with Gasteiger partial charge in [0.1, 0.15) is 11.6 Å². The molecule has 1 aromatic rings. The van der Waals surface area contributed by atoms with Gasteiger partial charge < -0.3 is 5.41 Å². The van der Waals surface area contributed by atoms with Crippen LogP contribution in [0.3, 0.4) is 0 Å². The molecule has 14 heavy (non-hydrogen) atoms. The van der Waals surface area contributed by atoms with Crippen LogP contribution in [0, 0.1) is 17.0 Å². The second-order valence-electron chi connectivity index (χ2n) is 2.63. The van der Waals surface area contributed by atoms with Crippen molar-refractivity contribution < 1.29 is 8.78 Å². The zero-order valence-electron chi connectivity index (χ0n) is 7.43. The molecular weight excluding hydrogens is 184 g/mol. The lowest BCUT2D eigenvalue weighted by Gasteiger charge is -2.00. The highest BCUT2D eigenvalue weighted by Crippen LogP contribution is 2.10. The maximum Gasteiger partial charge on any atom is 0.135 e. The molecule has 1 rings (SSSR count). The summed E-state index contributed by atoms with van der Waals surface area (Å²) in [4.78, 5) is 0. The number of halogens is 2. The van der Waals surface area contributed by atoms with Crippen LogP contribution in [0.5, 0.6) is 0 Å². The van der Waals surface area contributed by atoms with E-state index in [2.05, 4.69) is 6.58 Å². The molecule has 1 nitrogen and oxygen atoms in total. The molecule has 0 aromatic heterocycles. The van der Waals surface area contributed by atoms with Crippen LogP contribution in [0.2, 0.25) is 0 Å². The number of hydrogen-bond donors (Lipinski definition) is 1. The first-order valence-corrected chi connectivity index (χ1v) is 3.98. The van der Waals surface area contributed by atoms with Crippen LogP contribution in [0.1, 0.15) is 5.56 Å². The third-order valence-electron chi connectivity index (χ3n) is 1.62. The van der Waals surface area contributed by atoms with E-state index in [0.717, 1.165) is 12.1 Å². The molecule has 0 atom stereocenters. The number of allylic oxidation sites excluding steroid dienone is 3. The van der Waals surface area contributed by atoms with Crippen molar-refractivity contribution in [2.75, 3.05) is 0 Å². The Morgan fingerprint density at radius 3 is 2.64 bits per heavy atom. The lowest BCUT2D eigenvalue weighted by atomic mass is 10.1. The van der Waals surface area contributed by atoms with E-state index in [4.69, 9.17) is 5.41 Å². The van der Waals surface area contributed by atoms with Gasteiger partial charge >= 0.3 is 0 Å². The minimum Gasteiger partial charge on any atom is -0.300 e. The third kappa shape index (κ3) is 2.36. The first-order valence-electron chi connectivity index (χ1n) is 3.98. The van der Waals surface area contributed by atoms with E-state index in [9.17, 15) is 8.78 Å². The van der Waals surface area contributed by atoms with Crippen LogP contribution >= 0.6 is 0 Å². The van der Waals surface area contributed by atoms with Crippen LogP contribution in [0.25, 0.3) is 0 Å². The minimum absolute atomic E-state index is 0.0117. The minimum atomic E-state index is -0.733. The summed E-state index contributed by atoms with van der Waals surface area (Å²) in [6, 6.07) is 3.11. The molecule has 1 N–H and O–H groups in total. The molecule has 1 aromatic carbocycles. The molecule has 72 valence electrons. The molecule has 0 saturated heterocycles. The van der Waals surface area contributed by atoms with Crippen LogP contribution in [0.4, 0.5) is 8.78 Å². The average Bonchev–Trinajstić information content (AvgIpc) is 2.14. The third-order valence-corrected chi connectivity index (χ3v) is 1.62. The predicted octanol–water partition coefficient (Wildman–Crippen LogP) is 3.07. The molecular formula is C11H9F2N. The molecule has 0 amide bonds. The van der Waals surface area contributed by atoms with Crippen molar-refractivity contribution in [3.05, 3.63) is 60.2 Å². The Labute approximate surface area is 80.9 Å². The van der Waals surface area contributed by atoms with E-state index in [1.54, 1.807) is 0 Å².